The van der Waals surface area contributed by atoms with E-state index in [1.807, 2.05) is 0 Å². The second kappa shape index (κ2) is 54.7. The topological polar surface area (TPSA) is 155 Å². The fourth-order valence-corrected chi connectivity index (χ4v) is 9.07. The molecule has 0 spiro atoms. The van der Waals surface area contributed by atoms with Crippen LogP contribution < -0.4 is 0 Å². The van der Waals surface area contributed by atoms with E-state index < -0.39 is 57.8 Å². The van der Waals surface area contributed by atoms with Crippen molar-refractivity contribution in [1.29, 1.82) is 0 Å². The van der Waals surface area contributed by atoms with Crippen molar-refractivity contribution in [3.05, 3.63) is 48.6 Å². The summed E-state index contributed by atoms with van der Waals surface area (Å²) in [5, 5.41) is 9.81. The van der Waals surface area contributed by atoms with Gasteiger partial charge in [-0.15, -0.1) is 0 Å². The number of aliphatic hydroxyl groups excluding tert-OH is 1. The van der Waals surface area contributed by atoms with E-state index in [0.29, 0.717) is 19.3 Å². The van der Waals surface area contributed by atoms with Gasteiger partial charge in [-0.2, -0.15) is 0 Å². The van der Waals surface area contributed by atoms with E-state index in [9.17, 15) is 28.9 Å². The quantitative estimate of drug-likeness (QED) is 0.0197. The first-order chi connectivity index (χ1) is 35.2. The van der Waals surface area contributed by atoms with Crippen LogP contribution in [-0.4, -0.2) is 66.5 Å². The Bertz CT molecular complexity index is 1400. The summed E-state index contributed by atoms with van der Waals surface area (Å²) in [4.78, 5) is 48.4. The fourth-order valence-electron chi connectivity index (χ4n) is 8.29. The monoisotopic (exact) mass is 1040 g/mol. The largest absolute Gasteiger partial charge is 0.472 e. The summed E-state index contributed by atoms with van der Waals surface area (Å²) >= 11 is 0. The Morgan fingerprint density at radius 3 is 1.11 bits per heavy atom. The summed E-state index contributed by atoms with van der Waals surface area (Å²) in [5.41, 5.74) is 0. The number of carbonyl (C=O) groups excluding carboxylic acids is 3. The van der Waals surface area contributed by atoms with Crippen LogP contribution in [0.4, 0.5) is 0 Å². The maximum atomic E-state index is 12.9. The van der Waals surface area contributed by atoms with Crippen molar-refractivity contribution < 1.29 is 52.2 Å². The molecule has 11 nitrogen and oxygen atoms in total. The molecule has 0 saturated carbocycles. The molecule has 0 aliphatic carbocycles. The first-order valence-corrected chi connectivity index (χ1v) is 31.0. The van der Waals surface area contributed by atoms with Gasteiger partial charge >= 0.3 is 25.7 Å². The van der Waals surface area contributed by atoms with Gasteiger partial charge in [-0.3, -0.25) is 23.4 Å². The summed E-state index contributed by atoms with van der Waals surface area (Å²) in [5.74, 6) is -1.47. The minimum atomic E-state index is -4.75. The number of hydrogen-bond acceptors (Lipinski definition) is 10. The van der Waals surface area contributed by atoms with E-state index in [1.165, 1.54) is 128 Å². The van der Waals surface area contributed by atoms with Gasteiger partial charge in [0.15, 0.2) is 6.10 Å². The number of phosphoric acid groups is 1. The molecule has 2 N–H and O–H groups in total. The lowest BCUT2D eigenvalue weighted by atomic mass is 10.0. The van der Waals surface area contributed by atoms with Crippen LogP contribution >= 0.6 is 7.82 Å². The van der Waals surface area contributed by atoms with Crippen molar-refractivity contribution in [2.75, 3.05) is 26.4 Å². The van der Waals surface area contributed by atoms with Gasteiger partial charge in [0.25, 0.3) is 0 Å². The van der Waals surface area contributed by atoms with Crippen LogP contribution in [0.15, 0.2) is 48.6 Å². The number of ether oxygens (including phenoxy) is 3. The molecule has 0 aromatic carbocycles. The van der Waals surface area contributed by atoms with Crippen LogP contribution in [0.25, 0.3) is 0 Å². The fraction of sp³-hybridized carbons (Fsp3) is 0.817. The molecule has 0 saturated heterocycles. The Hall–Kier alpha value is -2.56. The van der Waals surface area contributed by atoms with Gasteiger partial charge < -0.3 is 24.2 Å². The van der Waals surface area contributed by atoms with Gasteiger partial charge in [0, 0.05) is 19.3 Å². The number of phosphoric ester groups is 1. The van der Waals surface area contributed by atoms with Crippen molar-refractivity contribution in [3.8, 4) is 0 Å². The van der Waals surface area contributed by atoms with E-state index in [0.717, 1.165) is 89.9 Å². The summed E-state index contributed by atoms with van der Waals surface area (Å²) in [6.45, 7) is 4.52. The summed E-state index contributed by atoms with van der Waals surface area (Å²) in [6.07, 6.45) is 57.9. The molecule has 72 heavy (non-hydrogen) atoms. The second-order valence-corrected chi connectivity index (χ2v) is 21.2. The molecule has 12 heteroatoms. The second-order valence-electron chi connectivity index (χ2n) is 19.8. The van der Waals surface area contributed by atoms with Crippen LogP contribution in [0, 0.1) is 0 Å². The minimum Gasteiger partial charge on any atom is -0.462 e. The molecule has 3 atom stereocenters. The van der Waals surface area contributed by atoms with Crippen molar-refractivity contribution in [3.63, 3.8) is 0 Å². The van der Waals surface area contributed by atoms with Gasteiger partial charge in [-0.25, -0.2) is 4.57 Å². The standard InChI is InChI=1S/C60H109O11P/c1-4-7-10-13-16-19-21-23-25-27-28-30-32-34-36-39-42-45-48-51-60(64)71-57(53-67-58(62)49-46-43-40-37-18-15-12-9-6-3)55-69-72(65,66)68-54-56(52-61)70-59(63)50-47-44-41-38-35-33-31-29-26-24-22-20-17-14-11-8-5-2/h8,11,17,20,24,26,31,33,56-57,61H,4-7,9-10,12-16,18-19,21-23,25,27-30,32,34-55H2,1-3H3,(H,65,66)/b11-8-,20-17-,26-24-,33-31-. The highest BCUT2D eigenvalue weighted by molar-refractivity contribution is 7.47. The van der Waals surface area contributed by atoms with Crippen molar-refractivity contribution in [1.82, 2.24) is 0 Å². The smallest absolute Gasteiger partial charge is 0.462 e. The normalized spacial score (nSPS) is 13.7. The number of rotatable bonds is 55. The SMILES string of the molecule is CC/C=C\C/C=C\C/C=C\C/C=C\CCCCCCC(=O)OC(CO)COP(=O)(O)OCC(COC(=O)CCCCCCCCCCC)OC(=O)CCCCCCCCCCCCCCCCCCCCC. The summed E-state index contributed by atoms with van der Waals surface area (Å²) in [7, 11) is -4.75. The zero-order chi connectivity index (χ0) is 52.7. The van der Waals surface area contributed by atoms with E-state index >= 15 is 0 Å². The lowest BCUT2D eigenvalue weighted by molar-refractivity contribution is -0.161. The highest BCUT2D eigenvalue weighted by atomic mass is 31.2. The van der Waals surface area contributed by atoms with Crippen LogP contribution in [0.2, 0.25) is 0 Å². The van der Waals surface area contributed by atoms with Crippen LogP contribution in [0.3, 0.4) is 0 Å². The molecule has 0 fully saturated rings. The first-order valence-electron chi connectivity index (χ1n) is 29.5. The lowest BCUT2D eigenvalue weighted by Crippen LogP contribution is -2.30. The van der Waals surface area contributed by atoms with Gasteiger partial charge in [0.1, 0.15) is 12.7 Å². The number of esters is 3. The summed E-state index contributed by atoms with van der Waals surface area (Å²) in [6, 6.07) is 0. The highest BCUT2D eigenvalue weighted by Crippen LogP contribution is 2.43. The zero-order valence-corrected chi connectivity index (χ0v) is 47.3. The Balaban J connectivity index is 4.61. The van der Waals surface area contributed by atoms with Crippen molar-refractivity contribution in [2.24, 2.45) is 0 Å². The van der Waals surface area contributed by atoms with E-state index in [4.69, 9.17) is 23.3 Å². The number of unbranched alkanes of at least 4 members (excludes halogenated alkanes) is 30. The molecule has 0 amide bonds. The minimum absolute atomic E-state index is 0.151. The third kappa shape index (κ3) is 52.3. The molecule has 0 heterocycles. The Morgan fingerprint density at radius 1 is 0.403 bits per heavy atom. The average molecular weight is 1040 g/mol. The van der Waals surface area contributed by atoms with Crippen LogP contribution in [0.5, 0.6) is 0 Å². The molecule has 0 rings (SSSR count). The van der Waals surface area contributed by atoms with E-state index in [2.05, 4.69) is 69.4 Å². The van der Waals surface area contributed by atoms with Crippen molar-refractivity contribution >= 4 is 25.7 Å². The molecular weight excluding hydrogens is 928 g/mol. The van der Waals surface area contributed by atoms with E-state index in [-0.39, 0.29) is 25.9 Å². The Labute approximate surface area is 441 Å². The maximum absolute atomic E-state index is 12.9. The highest BCUT2D eigenvalue weighted by Gasteiger charge is 2.28. The molecule has 0 radical (unpaired) electrons. The van der Waals surface area contributed by atoms with Gasteiger partial charge in [0.2, 0.25) is 0 Å². The van der Waals surface area contributed by atoms with Crippen LogP contribution in [-0.2, 0) is 42.2 Å². The molecule has 420 valence electrons. The molecule has 3 unspecified atom stereocenters. The van der Waals surface area contributed by atoms with Gasteiger partial charge in [0.05, 0.1) is 19.8 Å². The molecule has 0 aromatic rings. The molecular formula is C60H109O11P. The maximum Gasteiger partial charge on any atom is 0.472 e. The number of carbonyl (C=O) groups is 3. The van der Waals surface area contributed by atoms with E-state index in [1.54, 1.807) is 0 Å². The molecule has 0 aliphatic rings. The average Bonchev–Trinajstić information content (AvgIpc) is 3.37. The molecule has 0 bridgehead atoms. The Kier molecular flexibility index (Phi) is 52.7. The number of hydrogen-bond donors (Lipinski definition) is 2. The first kappa shape index (κ1) is 69.4. The predicted molar refractivity (Wildman–Crippen MR) is 298 cm³/mol. The predicted octanol–water partition coefficient (Wildman–Crippen LogP) is 17.4. The molecule has 0 aliphatic heterocycles. The number of allylic oxidation sites excluding steroid dienone is 8. The van der Waals surface area contributed by atoms with Gasteiger partial charge in [-0.1, -0.05) is 249 Å². The lowest BCUT2D eigenvalue weighted by Gasteiger charge is -2.21. The zero-order valence-electron chi connectivity index (χ0n) is 46.4. The van der Waals surface area contributed by atoms with Gasteiger partial charge in [-0.05, 0) is 57.8 Å². The third-order valence-corrected chi connectivity index (χ3v) is 13.7. The molecule has 0 aromatic heterocycles. The Morgan fingerprint density at radius 2 is 0.722 bits per heavy atom. The van der Waals surface area contributed by atoms with Crippen LogP contribution in [0.1, 0.15) is 278 Å². The summed E-state index contributed by atoms with van der Waals surface area (Å²) < 4.78 is 39.5. The third-order valence-electron chi connectivity index (χ3n) is 12.8. The van der Waals surface area contributed by atoms with Crippen molar-refractivity contribution in [2.45, 2.75) is 290 Å². The number of aliphatic hydroxyl groups is 1.